The van der Waals surface area contributed by atoms with Crippen LogP contribution in [-0.2, 0) is 14.6 Å². The third-order valence-electron chi connectivity index (χ3n) is 3.42. The molecule has 0 aromatic rings. The zero-order chi connectivity index (χ0) is 15.4. The Balaban J connectivity index is 3.56. The van der Waals surface area contributed by atoms with Crippen molar-refractivity contribution in [3.8, 4) is 0 Å². The molecule has 0 aliphatic rings. The maximum Gasteiger partial charge on any atom is 0.339 e. The molecule has 0 amide bonds. The summed E-state index contributed by atoms with van der Waals surface area (Å²) in [6.45, 7) is 10.7. The molecule has 3 nitrogen and oxygen atoms in total. The predicted molar refractivity (Wildman–Crippen MR) is 83.2 cm³/mol. The summed E-state index contributed by atoms with van der Waals surface area (Å²) in [5.74, 6) is 1.23. The molecule has 3 heteroatoms. The Kier molecular flexibility index (Phi) is 11.5. The molecule has 0 saturated heterocycles. The summed E-state index contributed by atoms with van der Waals surface area (Å²) in [5.41, 5.74) is 1.30. The van der Waals surface area contributed by atoms with E-state index >= 15 is 0 Å². The van der Waals surface area contributed by atoms with Gasteiger partial charge in [0, 0.05) is 6.92 Å². The van der Waals surface area contributed by atoms with Gasteiger partial charge in [-0.15, -0.1) is 0 Å². The van der Waals surface area contributed by atoms with E-state index in [0.29, 0.717) is 6.61 Å². The van der Waals surface area contributed by atoms with Gasteiger partial charge in [-0.05, 0) is 31.6 Å². The molecule has 0 radical (unpaired) electrons. The van der Waals surface area contributed by atoms with Crippen LogP contribution >= 0.6 is 0 Å². The predicted octanol–water partition coefficient (Wildman–Crippen LogP) is 5.06. The second kappa shape index (κ2) is 12.0. The first kappa shape index (κ1) is 19.2. The second-order valence-corrected chi connectivity index (χ2v) is 6.23. The highest BCUT2D eigenvalue weighted by atomic mass is 17.2. The summed E-state index contributed by atoms with van der Waals surface area (Å²) in [6.07, 6.45) is 9.62. The fourth-order valence-electron chi connectivity index (χ4n) is 2.14. The van der Waals surface area contributed by atoms with Crippen LogP contribution < -0.4 is 0 Å². The normalized spacial score (nSPS) is 13.6. The molecule has 0 rings (SSSR count). The van der Waals surface area contributed by atoms with Crippen molar-refractivity contribution in [2.24, 2.45) is 11.8 Å². The first-order valence-corrected chi connectivity index (χ1v) is 7.87. The van der Waals surface area contributed by atoms with Crippen LogP contribution in [-0.4, -0.2) is 12.6 Å². The third kappa shape index (κ3) is 13.6. The van der Waals surface area contributed by atoms with Crippen molar-refractivity contribution in [3.05, 3.63) is 11.6 Å². The Morgan fingerprint density at radius 1 is 1.05 bits per heavy atom. The Morgan fingerprint density at radius 3 is 2.30 bits per heavy atom. The van der Waals surface area contributed by atoms with Crippen LogP contribution in [0.4, 0.5) is 0 Å². The number of carbonyl (C=O) groups excluding carboxylic acids is 1. The fraction of sp³-hybridized carbons (Fsp3) is 0.824. The number of hydrogen-bond acceptors (Lipinski definition) is 3. The molecule has 0 aromatic heterocycles. The van der Waals surface area contributed by atoms with Crippen LogP contribution in [0.25, 0.3) is 0 Å². The van der Waals surface area contributed by atoms with Gasteiger partial charge in [0.25, 0.3) is 0 Å². The number of rotatable bonds is 11. The van der Waals surface area contributed by atoms with Crippen molar-refractivity contribution >= 4 is 5.97 Å². The molecule has 0 bridgehead atoms. The Labute approximate surface area is 124 Å². The Morgan fingerprint density at radius 2 is 1.70 bits per heavy atom. The van der Waals surface area contributed by atoms with Crippen molar-refractivity contribution in [2.75, 3.05) is 6.61 Å². The van der Waals surface area contributed by atoms with Gasteiger partial charge >= 0.3 is 5.97 Å². The Bertz CT molecular complexity index is 282. The molecule has 0 heterocycles. The van der Waals surface area contributed by atoms with Crippen LogP contribution in [0.15, 0.2) is 11.6 Å². The largest absolute Gasteiger partial charge is 0.339 e. The van der Waals surface area contributed by atoms with Crippen LogP contribution in [0.5, 0.6) is 0 Å². The van der Waals surface area contributed by atoms with Gasteiger partial charge in [-0.1, -0.05) is 58.1 Å². The molecule has 0 aliphatic carbocycles. The van der Waals surface area contributed by atoms with Crippen molar-refractivity contribution in [1.82, 2.24) is 0 Å². The summed E-state index contributed by atoms with van der Waals surface area (Å²) in [7, 11) is 0. The van der Waals surface area contributed by atoms with E-state index in [1.165, 1.54) is 44.6 Å². The molecule has 118 valence electrons. The summed E-state index contributed by atoms with van der Waals surface area (Å²) in [6, 6.07) is 0. The smallest absolute Gasteiger partial charge is 0.298 e. The lowest BCUT2D eigenvalue weighted by atomic mass is 9.94. The zero-order valence-corrected chi connectivity index (χ0v) is 13.9. The number of carbonyl (C=O) groups is 1. The molecular weight excluding hydrogens is 252 g/mol. The third-order valence-corrected chi connectivity index (χ3v) is 3.42. The SMILES string of the molecule is CC(=O)OOCC=C(C)CCCC(C)CCCC(C)C. The van der Waals surface area contributed by atoms with Crippen molar-refractivity contribution in [2.45, 2.75) is 73.1 Å². The minimum absolute atomic E-state index is 0.343. The molecule has 0 spiro atoms. The lowest BCUT2D eigenvalue weighted by Crippen LogP contribution is -2.00. The molecule has 0 aliphatic heterocycles. The second-order valence-electron chi connectivity index (χ2n) is 6.23. The monoisotopic (exact) mass is 284 g/mol. The van der Waals surface area contributed by atoms with Crippen molar-refractivity contribution < 1.29 is 14.6 Å². The first-order valence-electron chi connectivity index (χ1n) is 7.87. The van der Waals surface area contributed by atoms with E-state index in [0.717, 1.165) is 18.3 Å². The van der Waals surface area contributed by atoms with Gasteiger partial charge in [0.05, 0.1) is 0 Å². The summed E-state index contributed by atoms with van der Waals surface area (Å²) >= 11 is 0. The van der Waals surface area contributed by atoms with Gasteiger partial charge in [-0.3, -0.25) is 4.89 Å². The fourth-order valence-corrected chi connectivity index (χ4v) is 2.14. The molecule has 1 unspecified atom stereocenters. The van der Waals surface area contributed by atoms with Crippen LogP contribution in [0.2, 0.25) is 0 Å². The van der Waals surface area contributed by atoms with Gasteiger partial charge in [0.2, 0.25) is 0 Å². The maximum atomic E-state index is 10.5. The molecule has 0 fully saturated rings. The molecule has 20 heavy (non-hydrogen) atoms. The lowest BCUT2D eigenvalue weighted by molar-refractivity contribution is -0.263. The zero-order valence-electron chi connectivity index (χ0n) is 13.9. The topological polar surface area (TPSA) is 35.5 Å². The quantitative estimate of drug-likeness (QED) is 0.230. The van der Waals surface area contributed by atoms with Gasteiger partial charge in [-0.2, -0.15) is 4.89 Å². The van der Waals surface area contributed by atoms with Crippen LogP contribution in [0, 0.1) is 11.8 Å². The van der Waals surface area contributed by atoms with E-state index < -0.39 is 5.97 Å². The van der Waals surface area contributed by atoms with E-state index in [9.17, 15) is 4.79 Å². The van der Waals surface area contributed by atoms with Gasteiger partial charge in [-0.25, -0.2) is 4.79 Å². The number of hydrogen-bond donors (Lipinski definition) is 0. The highest BCUT2D eigenvalue weighted by Crippen LogP contribution is 2.18. The summed E-state index contributed by atoms with van der Waals surface area (Å²) in [4.78, 5) is 19.7. The van der Waals surface area contributed by atoms with Crippen LogP contribution in [0.3, 0.4) is 0 Å². The van der Waals surface area contributed by atoms with Gasteiger partial charge in [0.1, 0.15) is 6.61 Å². The van der Waals surface area contributed by atoms with Crippen LogP contribution in [0.1, 0.15) is 73.1 Å². The van der Waals surface area contributed by atoms with Gasteiger partial charge < -0.3 is 0 Å². The molecule has 0 saturated carbocycles. The molecule has 0 N–H and O–H groups in total. The van der Waals surface area contributed by atoms with E-state index in [1.54, 1.807) is 0 Å². The first-order chi connectivity index (χ1) is 9.41. The minimum Gasteiger partial charge on any atom is -0.298 e. The van der Waals surface area contributed by atoms with E-state index in [2.05, 4.69) is 32.6 Å². The lowest BCUT2D eigenvalue weighted by Gasteiger charge is -2.12. The molecule has 0 aromatic carbocycles. The maximum absolute atomic E-state index is 10.5. The minimum atomic E-state index is -0.411. The van der Waals surface area contributed by atoms with Gasteiger partial charge in [0.15, 0.2) is 0 Å². The molecular formula is C17H32O3. The standard InChI is InChI=1S/C17H32O3/c1-14(2)8-6-9-15(3)10-7-11-16(4)12-13-19-20-17(5)18/h12,14-15H,6-11,13H2,1-5H3. The van der Waals surface area contributed by atoms with Crippen molar-refractivity contribution in [1.29, 1.82) is 0 Å². The number of allylic oxidation sites excluding steroid dienone is 1. The summed E-state index contributed by atoms with van der Waals surface area (Å²) in [5, 5.41) is 0. The molecule has 1 atom stereocenters. The Hall–Kier alpha value is -0.830. The van der Waals surface area contributed by atoms with E-state index in [1.807, 2.05) is 6.08 Å². The average Bonchev–Trinajstić information content (AvgIpc) is 2.34. The highest BCUT2D eigenvalue weighted by molar-refractivity contribution is 5.65. The average molecular weight is 284 g/mol. The van der Waals surface area contributed by atoms with Crippen molar-refractivity contribution in [3.63, 3.8) is 0 Å². The highest BCUT2D eigenvalue weighted by Gasteiger charge is 2.03. The summed E-state index contributed by atoms with van der Waals surface area (Å²) < 4.78 is 0. The van der Waals surface area contributed by atoms with E-state index in [4.69, 9.17) is 4.89 Å². The van der Waals surface area contributed by atoms with E-state index in [-0.39, 0.29) is 0 Å².